The van der Waals surface area contributed by atoms with Gasteiger partial charge in [-0.1, -0.05) is 11.6 Å². The number of halogens is 2. The smallest absolute Gasteiger partial charge is 0.338 e. The maximum atomic E-state index is 12.7. The summed E-state index contributed by atoms with van der Waals surface area (Å²) in [6, 6.07) is 9.01. The summed E-state index contributed by atoms with van der Waals surface area (Å²) in [5, 5.41) is 2.99. The Balaban J connectivity index is 1.37. The van der Waals surface area contributed by atoms with Gasteiger partial charge < -0.3 is 14.8 Å². The van der Waals surface area contributed by atoms with Crippen LogP contribution in [0.4, 0.5) is 5.69 Å². The van der Waals surface area contributed by atoms with E-state index >= 15 is 0 Å². The molecule has 0 spiro atoms. The molecule has 10 heteroatoms. The zero-order chi connectivity index (χ0) is 22.8. The van der Waals surface area contributed by atoms with E-state index in [-0.39, 0.29) is 29.3 Å². The molecule has 0 unspecified atom stereocenters. The molecule has 0 saturated carbocycles. The van der Waals surface area contributed by atoms with E-state index in [0.29, 0.717) is 21.8 Å². The van der Waals surface area contributed by atoms with Gasteiger partial charge in [0.2, 0.25) is 0 Å². The number of fused-ring (bicyclic) bond motifs is 1. The summed E-state index contributed by atoms with van der Waals surface area (Å²) in [7, 11) is 0. The highest BCUT2D eigenvalue weighted by molar-refractivity contribution is 9.10. The summed E-state index contributed by atoms with van der Waals surface area (Å²) in [6.45, 7) is 0.278. The van der Waals surface area contributed by atoms with Gasteiger partial charge in [-0.3, -0.25) is 19.3 Å². The topological polar surface area (TPSA) is 102 Å². The number of carbonyl (C=O) groups is 4. The van der Waals surface area contributed by atoms with Crippen molar-refractivity contribution in [1.82, 2.24) is 4.90 Å². The van der Waals surface area contributed by atoms with E-state index in [2.05, 4.69) is 21.2 Å². The van der Waals surface area contributed by atoms with Crippen LogP contribution in [0.15, 0.2) is 40.9 Å². The van der Waals surface area contributed by atoms with E-state index in [1.807, 2.05) is 0 Å². The maximum absolute atomic E-state index is 12.7. The molecule has 0 aliphatic carbocycles. The molecule has 32 heavy (non-hydrogen) atoms. The number of hydrogen-bond acceptors (Lipinski definition) is 6. The first kappa shape index (κ1) is 22.4. The molecule has 2 heterocycles. The predicted molar refractivity (Wildman–Crippen MR) is 119 cm³/mol. The molecule has 1 fully saturated rings. The average molecular weight is 522 g/mol. The van der Waals surface area contributed by atoms with Gasteiger partial charge in [-0.2, -0.15) is 0 Å². The Kier molecular flexibility index (Phi) is 6.59. The Morgan fingerprint density at radius 2 is 1.94 bits per heavy atom. The predicted octanol–water partition coefficient (Wildman–Crippen LogP) is 3.67. The molecule has 2 aromatic carbocycles. The summed E-state index contributed by atoms with van der Waals surface area (Å²) in [5.41, 5.74) is 0.890. The molecule has 2 aliphatic rings. The lowest BCUT2D eigenvalue weighted by molar-refractivity contribution is -0.119. The SMILES string of the molecule is O=C(COC(=O)c1ccc2c(c1)C(=O)N(C[C@@H]1CCCO1)C2=O)Nc1ccc(Br)c(Cl)c1. The third kappa shape index (κ3) is 4.69. The summed E-state index contributed by atoms with van der Waals surface area (Å²) in [4.78, 5) is 50.9. The van der Waals surface area contributed by atoms with Gasteiger partial charge in [0, 0.05) is 16.8 Å². The van der Waals surface area contributed by atoms with Crippen LogP contribution in [0.5, 0.6) is 0 Å². The second-order valence-corrected chi connectivity index (χ2v) is 8.63. The highest BCUT2D eigenvalue weighted by atomic mass is 79.9. The van der Waals surface area contributed by atoms with E-state index in [9.17, 15) is 19.2 Å². The maximum Gasteiger partial charge on any atom is 0.338 e. The largest absolute Gasteiger partial charge is 0.452 e. The summed E-state index contributed by atoms with van der Waals surface area (Å²) in [6.07, 6.45) is 1.52. The number of anilines is 1. The second-order valence-electron chi connectivity index (χ2n) is 7.37. The van der Waals surface area contributed by atoms with Crippen molar-refractivity contribution in [3.05, 3.63) is 62.6 Å². The first-order valence-electron chi connectivity index (χ1n) is 9.87. The Morgan fingerprint density at radius 3 is 2.66 bits per heavy atom. The Labute approximate surface area is 196 Å². The number of imide groups is 1. The fourth-order valence-corrected chi connectivity index (χ4v) is 3.99. The van der Waals surface area contributed by atoms with Crippen molar-refractivity contribution < 1.29 is 28.7 Å². The van der Waals surface area contributed by atoms with Crippen LogP contribution in [0.25, 0.3) is 0 Å². The number of benzene rings is 2. The van der Waals surface area contributed by atoms with Crippen LogP contribution < -0.4 is 5.32 Å². The number of amides is 3. The molecule has 0 radical (unpaired) electrons. The first-order valence-corrected chi connectivity index (χ1v) is 11.0. The van der Waals surface area contributed by atoms with Gasteiger partial charge in [-0.05, 0) is 65.2 Å². The number of nitrogens with one attached hydrogen (secondary N) is 1. The minimum absolute atomic E-state index is 0.0725. The van der Waals surface area contributed by atoms with Crippen molar-refractivity contribution in [2.75, 3.05) is 25.1 Å². The molecule has 166 valence electrons. The van der Waals surface area contributed by atoms with Gasteiger partial charge >= 0.3 is 5.97 Å². The van der Waals surface area contributed by atoms with Gasteiger partial charge in [-0.25, -0.2) is 4.79 Å². The molecule has 4 rings (SSSR count). The molecular formula is C22H18BrClN2O6. The van der Waals surface area contributed by atoms with Crippen molar-refractivity contribution >= 4 is 56.9 Å². The fraction of sp³-hybridized carbons (Fsp3) is 0.273. The molecule has 0 bridgehead atoms. The number of hydrogen-bond donors (Lipinski definition) is 1. The molecule has 1 saturated heterocycles. The lowest BCUT2D eigenvalue weighted by atomic mass is 10.1. The third-order valence-electron chi connectivity index (χ3n) is 5.15. The minimum Gasteiger partial charge on any atom is -0.452 e. The lowest BCUT2D eigenvalue weighted by Crippen LogP contribution is -2.36. The van der Waals surface area contributed by atoms with Crippen molar-refractivity contribution in [1.29, 1.82) is 0 Å². The normalized spacial score (nSPS) is 17.4. The summed E-state index contributed by atoms with van der Waals surface area (Å²) >= 11 is 9.24. The first-order chi connectivity index (χ1) is 15.3. The molecule has 2 aromatic rings. The van der Waals surface area contributed by atoms with Gasteiger partial charge in [0.15, 0.2) is 6.61 Å². The van der Waals surface area contributed by atoms with Crippen molar-refractivity contribution in [2.24, 2.45) is 0 Å². The quantitative estimate of drug-likeness (QED) is 0.460. The van der Waals surface area contributed by atoms with Crippen molar-refractivity contribution in [2.45, 2.75) is 18.9 Å². The van der Waals surface area contributed by atoms with Gasteiger partial charge in [0.1, 0.15) is 0 Å². The second kappa shape index (κ2) is 9.40. The lowest BCUT2D eigenvalue weighted by Gasteiger charge is -2.17. The monoisotopic (exact) mass is 520 g/mol. The van der Waals surface area contributed by atoms with E-state index in [1.54, 1.807) is 18.2 Å². The standard InChI is InChI=1S/C22H18BrClN2O6/c23-17-6-4-13(9-18(17)24)25-19(27)11-32-22(30)12-3-5-15-16(8-12)21(29)26(20(15)28)10-14-2-1-7-31-14/h3-6,8-9,14H,1-2,7,10-11H2,(H,25,27)/t14-/m0/s1. The number of rotatable bonds is 6. The third-order valence-corrected chi connectivity index (χ3v) is 6.39. The molecular weight excluding hydrogens is 504 g/mol. The summed E-state index contributed by atoms with van der Waals surface area (Å²) in [5.74, 6) is -2.21. The highest BCUT2D eigenvalue weighted by Gasteiger charge is 2.38. The fourth-order valence-electron chi connectivity index (χ4n) is 3.56. The van der Waals surface area contributed by atoms with Crippen LogP contribution in [0, 0.1) is 0 Å². The number of nitrogens with zero attached hydrogens (tertiary/aromatic N) is 1. The van der Waals surface area contributed by atoms with E-state index in [1.165, 1.54) is 18.2 Å². The molecule has 1 atom stereocenters. The van der Waals surface area contributed by atoms with Gasteiger partial charge in [-0.15, -0.1) is 0 Å². The molecule has 1 N–H and O–H groups in total. The zero-order valence-electron chi connectivity index (χ0n) is 16.7. The number of ether oxygens (including phenoxy) is 2. The van der Waals surface area contributed by atoms with E-state index in [4.69, 9.17) is 21.1 Å². The van der Waals surface area contributed by atoms with Crippen LogP contribution >= 0.6 is 27.5 Å². The zero-order valence-corrected chi connectivity index (χ0v) is 19.1. The highest BCUT2D eigenvalue weighted by Crippen LogP contribution is 2.27. The van der Waals surface area contributed by atoms with Crippen LogP contribution in [-0.4, -0.2) is 54.5 Å². The Morgan fingerprint density at radius 1 is 1.16 bits per heavy atom. The van der Waals surface area contributed by atoms with Crippen molar-refractivity contribution in [3.8, 4) is 0 Å². The van der Waals surface area contributed by atoms with Crippen molar-refractivity contribution in [3.63, 3.8) is 0 Å². The van der Waals surface area contributed by atoms with Crippen LogP contribution in [0.3, 0.4) is 0 Å². The molecule has 3 amide bonds. The Bertz CT molecular complexity index is 1120. The average Bonchev–Trinajstić information content (AvgIpc) is 3.37. The van der Waals surface area contributed by atoms with E-state index in [0.717, 1.165) is 17.7 Å². The summed E-state index contributed by atoms with van der Waals surface area (Å²) < 4.78 is 11.2. The number of carbonyl (C=O) groups excluding carboxylic acids is 4. The van der Waals surface area contributed by atoms with Crippen LogP contribution in [0.2, 0.25) is 5.02 Å². The van der Waals surface area contributed by atoms with Gasteiger partial charge in [0.25, 0.3) is 17.7 Å². The molecule has 8 nitrogen and oxygen atoms in total. The molecule has 2 aliphatic heterocycles. The van der Waals surface area contributed by atoms with Crippen LogP contribution in [-0.2, 0) is 14.3 Å². The molecule has 0 aromatic heterocycles. The van der Waals surface area contributed by atoms with Crippen LogP contribution in [0.1, 0.15) is 43.9 Å². The van der Waals surface area contributed by atoms with E-state index < -0.39 is 30.3 Å². The van der Waals surface area contributed by atoms with Gasteiger partial charge in [0.05, 0.1) is 34.4 Å². The minimum atomic E-state index is -0.783. The number of esters is 1. The Hall–Kier alpha value is -2.75.